The van der Waals surface area contributed by atoms with Crippen molar-refractivity contribution >= 4 is 17.3 Å². The molecule has 3 rings (SSSR count). The molecule has 1 unspecified atom stereocenters. The normalized spacial score (nSPS) is 16.7. The van der Waals surface area contributed by atoms with Crippen LogP contribution in [0.5, 0.6) is 0 Å². The lowest BCUT2D eigenvalue weighted by Crippen LogP contribution is -2.20. The lowest BCUT2D eigenvalue weighted by Gasteiger charge is -2.29. The molecule has 0 heterocycles. The Balaban J connectivity index is 2.18. The Hall–Kier alpha value is -2.81. The summed E-state index contributed by atoms with van der Waals surface area (Å²) >= 11 is 0. The summed E-state index contributed by atoms with van der Waals surface area (Å²) in [6.45, 7) is 2.16. The maximum Gasteiger partial charge on any atom is 0.337 e. The summed E-state index contributed by atoms with van der Waals surface area (Å²) in [5.41, 5.74) is 2.93. The van der Waals surface area contributed by atoms with Crippen LogP contribution >= 0.6 is 0 Å². The van der Waals surface area contributed by atoms with Gasteiger partial charge in [-0.1, -0.05) is 49.4 Å². The van der Waals surface area contributed by atoms with Gasteiger partial charge in [-0.25, -0.2) is 4.79 Å². The average Bonchev–Trinajstić information content (AvgIpc) is 2.56. The number of carboxylic acid groups (broad SMARTS) is 1. The first-order valence-corrected chi connectivity index (χ1v) is 7.72. The highest BCUT2D eigenvalue weighted by Crippen LogP contribution is 2.34. The van der Waals surface area contributed by atoms with Crippen molar-refractivity contribution in [1.29, 1.82) is 0 Å². The van der Waals surface area contributed by atoms with Crippen molar-refractivity contribution in [2.75, 3.05) is 4.90 Å². The summed E-state index contributed by atoms with van der Waals surface area (Å²) in [6.07, 6.45) is 7.39. The van der Waals surface area contributed by atoms with Crippen LogP contribution in [0.1, 0.15) is 23.7 Å². The fraction of sp³-hybridized carbons (Fsp3) is 0.150. The fourth-order valence-electron chi connectivity index (χ4n) is 2.82. The van der Waals surface area contributed by atoms with Crippen LogP contribution < -0.4 is 4.90 Å². The van der Waals surface area contributed by atoms with Gasteiger partial charge >= 0.3 is 5.97 Å². The van der Waals surface area contributed by atoms with E-state index in [1.54, 1.807) is 12.1 Å². The Bertz CT molecular complexity index is 762. The predicted molar refractivity (Wildman–Crippen MR) is 93.0 cm³/mol. The summed E-state index contributed by atoms with van der Waals surface area (Å²) < 4.78 is 0. The lowest BCUT2D eigenvalue weighted by molar-refractivity contribution is 0.0698. The van der Waals surface area contributed by atoms with E-state index in [1.807, 2.05) is 47.4 Å². The molecule has 23 heavy (non-hydrogen) atoms. The number of rotatable bonds is 4. The minimum atomic E-state index is -0.921. The minimum Gasteiger partial charge on any atom is -0.478 e. The van der Waals surface area contributed by atoms with Gasteiger partial charge in [0.1, 0.15) is 0 Å². The number of hydrogen-bond donors (Lipinski definition) is 1. The highest BCUT2D eigenvalue weighted by molar-refractivity contribution is 5.96. The predicted octanol–water partition coefficient (Wildman–Crippen LogP) is 5.00. The van der Waals surface area contributed by atoms with Crippen molar-refractivity contribution in [1.82, 2.24) is 0 Å². The third-order valence-corrected chi connectivity index (χ3v) is 3.90. The lowest BCUT2D eigenvalue weighted by atomic mass is 9.99. The van der Waals surface area contributed by atoms with Gasteiger partial charge in [-0.2, -0.15) is 0 Å². The van der Waals surface area contributed by atoms with Crippen molar-refractivity contribution in [3.8, 4) is 0 Å². The molecule has 0 amide bonds. The van der Waals surface area contributed by atoms with Crippen LogP contribution in [0.4, 0.5) is 11.4 Å². The van der Waals surface area contributed by atoms with Crippen LogP contribution in [0.2, 0.25) is 0 Å². The smallest absolute Gasteiger partial charge is 0.337 e. The van der Waals surface area contributed by atoms with Gasteiger partial charge in [0, 0.05) is 11.4 Å². The van der Waals surface area contributed by atoms with Crippen molar-refractivity contribution in [2.24, 2.45) is 5.92 Å². The maximum atomic E-state index is 11.6. The van der Waals surface area contributed by atoms with Crippen LogP contribution in [0.25, 0.3) is 0 Å². The first kappa shape index (κ1) is 15.1. The van der Waals surface area contributed by atoms with Gasteiger partial charge in [0.05, 0.1) is 11.3 Å². The third kappa shape index (κ3) is 3.19. The zero-order chi connectivity index (χ0) is 16.2. The summed E-state index contributed by atoms with van der Waals surface area (Å²) in [6, 6.07) is 17.0. The Labute approximate surface area is 136 Å². The van der Waals surface area contributed by atoms with Crippen molar-refractivity contribution in [3.05, 3.63) is 84.1 Å². The van der Waals surface area contributed by atoms with Crippen molar-refractivity contribution in [2.45, 2.75) is 13.3 Å². The molecule has 3 heteroatoms. The van der Waals surface area contributed by atoms with Crippen molar-refractivity contribution in [3.63, 3.8) is 0 Å². The number of para-hydroxylation sites is 2. The van der Waals surface area contributed by atoms with E-state index in [9.17, 15) is 9.90 Å². The molecule has 0 aliphatic heterocycles. The van der Waals surface area contributed by atoms with Gasteiger partial charge in [0.15, 0.2) is 0 Å². The first-order chi connectivity index (χ1) is 11.2. The second-order valence-electron chi connectivity index (χ2n) is 5.70. The molecule has 0 saturated heterocycles. The highest BCUT2D eigenvalue weighted by atomic mass is 16.4. The van der Waals surface area contributed by atoms with Gasteiger partial charge in [-0.3, -0.25) is 0 Å². The second-order valence-corrected chi connectivity index (χ2v) is 5.70. The number of allylic oxidation sites excluding steroid dienone is 3. The average molecular weight is 305 g/mol. The topological polar surface area (TPSA) is 40.5 Å². The standard InChI is InChI=1S/C20H19NO2/c1-15-8-7-11-17(14-15)21(16-9-3-2-4-10-16)19-13-6-5-12-18(19)20(22)23/h2-7,9-15H,8H2,1H3,(H,22,23). The second kappa shape index (κ2) is 6.53. The van der Waals surface area contributed by atoms with Crippen LogP contribution in [0.15, 0.2) is 78.5 Å². The monoisotopic (exact) mass is 305 g/mol. The summed E-state index contributed by atoms with van der Waals surface area (Å²) in [5, 5.41) is 9.55. The van der Waals surface area contributed by atoms with E-state index in [0.29, 0.717) is 17.2 Å². The molecule has 2 aromatic carbocycles. The molecule has 1 aliphatic rings. The molecule has 116 valence electrons. The van der Waals surface area contributed by atoms with E-state index in [0.717, 1.165) is 17.8 Å². The van der Waals surface area contributed by atoms with E-state index >= 15 is 0 Å². The van der Waals surface area contributed by atoms with Crippen LogP contribution in [0, 0.1) is 5.92 Å². The molecule has 1 aliphatic carbocycles. The summed E-state index contributed by atoms with van der Waals surface area (Å²) in [4.78, 5) is 13.7. The number of benzene rings is 2. The van der Waals surface area contributed by atoms with E-state index in [-0.39, 0.29) is 0 Å². The maximum absolute atomic E-state index is 11.6. The summed E-state index contributed by atoms with van der Waals surface area (Å²) in [7, 11) is 0. The number of hydrogen-bond acceptors (Lipinski definition) is 2. The van der Waals surface area contributed by atoms with Crippen LogP contribution in [-0.4, -0.2) is 11.1 Å². The molecule has 1 N–H and O–H groups in total. The van der Waals surface area contributed by atoms with Gasteiger partial charge in [-0.05, 0) is 42.7 Å². The number of aromatic carboxylic acids is 1. The third-order valence-electron chi connectivity index (χ3n) is 3.90. The SMILES string of the molecule is CC1C=C(N(c2ccccc2)c2ccccc2C(=O)O)C=CC1. The van der Waals surface area contributed by atoms with E-state index in [1.165, 1.54) is 0 Å². The van der Waals surface area contributed by atoms with Gasteiger partial charge < -0.3 is 10.0 Å². The van der Waals surface area contributed by atoms with Gasteiger partial charge in [0.2, 0.25) is 0 Å². The first-order valence-electron chi connectivity index (χ1n) is 7.72. The van der Waals surface area contributed by atoms with Crippen molar-refractivity contribution < 1.29 is 9.90 Å². The highest BCUT2D eigenvalue weighted by Gasteiger charge is 2.20. The number of carbonyl (C=O) groups is 1. The van der Waals surface area contributed by atoms with Crippen LogP contribution in [-0.2, 0) is 0 Å². The number of nitrogens with zero attached hydrogens (tertiary/aromatic N) is 1. The largest absolute Gasteiger partial charge is 0.478 e. The van der Waals surface area contributed by atoms with Crippen LogP contribution in [0.3, 0.4) is 0 Å². The Morgan fingerprint density at radius 3 is 2.48 bits per heavy atom. The molecule has 0 radical (unpaired) electrons. The zero-order valence-corrected chi connectivity index (χ0v) is 13.0. The van der Waals surface area contributed by atoms with E-state index in [2.05, 4.69) is 25.2 Å². The van der Waals surface area contributed by atoms with E-state index < -0.39 is 5.97 Å². The van der Waals surface area contributed by atoms with E-state index in [4.69, 9.17) is 0 Å². The molecule has 0 fully saturated rings. The quantitative estimate of drug-likeness (QED) is 0.864. The minimum absolute atomic E-state index is 0.295. The number of anilines is 2. The molecule has 2 aromatic rings. The van der Waals surface area contributed by atoms with Gasteiger partial charge in [0.25, 0.3) is 0 Å². The Morgan fingerprint density at radius 1 is 1.09 bits per heavy atom. The molecule has 0 saturated carbocycles. The Kier molecular flexibility index (Phi) is 4.29. The summed E-state index contributed by atoms with van der Waals surface area (Å²) in [5.74, 6) is -0.492. The fourth-order valence-corrected chi connectivity index (χ4v) is 2.82. The molecular weight excluding hydrogens is 286 g/mol. The Morgan fingerprint density at radius 2 is 1.78 bits per heavy atom. The molecule has 3 nitrogen and oxygen atoms in total. The number of carboxylic acids is 1. The molecule has 0 bridgehead atoms. The molecule has 1 atom stereocenters. The zero-order valence-electron chi connectivity index (χ0n) is 13.0. The molecule has 0 aromatic heterocycles. The molecule has 0 spiro atoms. The van der Waals surface area contributed by atoms with Gasteiger partial charge in [-0.15, -0.1) is 0 Å². The molecular formula is C20H19NO2.